The number of hydrogen-bond donors (Lipinski definition) is 20. The van der Waals surface area contributed by atoms with Crippen molar-refractivity contribution in [2.45, 2.75) is 205 Å². The van der Waals surface area contributed by atoms with Crippen LogP contribution in [0.15, 0.2) is 12.4 Å². The van der Waals surface area contributed by atoms with Crippen LogP contribution in [0.5, 0.6) is 0 Å². The summed E-state index contributed by atoms with van der Waals surface area (Å²) in [5.74, 6) is 0.315. The van der Waals surface area contributed by atoms with Crippen molar-refractivity contribution in [3.05, 3.63) is 23.8 Å². The molecule has 8 rings (SSSR count). The summed E-state index contributed by atoms with van der Waals surface area (Å²) >= 11 is 3.69. The lowest BCUT2D eigenvalue weighted by Crippen LogP contribution is -2.63. The van der Waals surface area contributed by atoms with Crippen LogP contribution in [0.2, 0.25) is 0 Å². The summed E-state index contributed by atoms with van der Waals surface area (Å²) in [6, 6.07) is 0. The van der Waals surface area contributed by atoms with Crippen molar-refractivity contribution >= 4 is 47.0 Å². The number of hydrogen-bond acceptors (Lipinski definition) is 35. The zero-order chi connectivity index (χ0) is 57.3. The Morgan fingerprint density at radius 2 is 0.658 bits per heavy atom. The van der Waals surface area contributed by atoms with Gasteiger partial charge in [0.15, 0.2) is 12.6 Å². The molecular formula is C42H68N6O27S4. The molecule has 6 aliphatic rings. The normalized spacial score (nSPS) is 47.1. The summed E-state index contributed by atoms with van der Waals surface area (Å²) in [6.07, 6.45) is -39.0. The average molecular weight is 1220 g/mol. The van der Waals surface area contributed by atoms with Crippen molar-refractivity contribution in [1.29, 1.82) is 0 Å². The molecule has 0 aliphatic carbocycles. The fourth-order valence-electron chi connectivity index (χ4n) is 9.36. The average Bonchev–Trinajstić information content (AvgIpc) is 4.10. The van der Waals surface area contributed by atoms with E-state index in [9.17, 15) is 102 Å². The Labute approximate surface area is 464 Å². The standard InChI is InChI=1S/C42H68N6O27S4/c49-5-15-21(53)27(59)33(65)39(71-15)78-41-35(67)29(61)23(55)17(73-41)9-76-7-11-1-47(45-43-11)3-13-19(51)25(57)31(63)37(69-13)75-38-32(64)26(58)20(52)14(70-38)4-48-2-12(44-46-48)8-77-10-18-24(56)30(62)36(68)42(74-18)79-40-34(66)28(60)22(54)16(6-50)72-40/h1-2,13-42,49-68H,3-10H2/t13-,14-,15-,16-,17-,18-,19-,20-,21+,22+,23-,24-,25+,26+,27+,28+,29+,30+,31-,32-,33-,34-,35-,36-,37-,38-,39+,40+,41+,42+/m1/s1. The van der Waals surface area contributed by atoms with Crippen LogP contribution in [0.1, 0.15) is 11.4 Å². The zero-order valence-corrected chi connectivity index (χ0v) is 44.5. The Balaban J connectivity index is 0.806. The van der Waals surface area contributed by atoms with Crippen LogP contribution < -0.4 is 0 Å². The summed E-state index contributed by atoms with van der Waals surface area (Å²) < 4.78 is 42.5. The highest BCUT2D eigenvalue weighted by Crippen LogP contribution is 2.40. The summed E-state index contributed by atoms with van der Waals surface area (Å²) in [4.78, 5) is 0. The highest BCUT2D eigenvalue weighted by Gasteiger charge is 2.53. The Hall–Kier alpha value is -1.40. The Kier molecular flexibility index (Phi) is 22.3. The van der Waals surface area contributed by atoms with Gasteiger partial charge in [0.05, 0.1) is 49.9 Å². The van der Waals surface area contributed by atoms with Gasteiger partial charge in [0.1, 0.15) is 156 Å². The first-order chi connectivity index (χ1) is 37.5. The van der Waals surface area contributed by atoms with Crippen LogP contribution in [-0.2, 0) is 57.8 Å². The van der Waals surface area contributed by atoms with Crippen molar-refractivity contribution in [2.24, 2.45) is 0 Å². The molecular weight excluding hydrogens is 1150 g/mol. The summed E-state index contributed by atoms with van der Waals surface area (Å²) in [5.41, 5.74) is -4.48. The number of ether oxygens (including phenoxy) is 7. The smallest absolute Gasteiger partial charge is 0.189 e. The minimum Gasteiger partial charge on any atom is -0.394 e. The lowest BCUT2D eigenvalue weighted by Gasteiger charge is -2.45. The van der Waals surface area contributed by atoms with Gasteiger partial charge in [-0.1, -0.05) is 34.0 Å². The fraction of sp³-hybridized carbons (Fsp3) is 0.905. The number of aliphatic hydroxyl groups is 20. The van der Waals surface area contributed by atoms with Gasteiger partial charge >= 0.3 is 0 Å². The van der Waals surface area contributed by atoms with E-state index < -0.39 is 194 Å². The van der Waals surface area contributed by atoms with E-state index in [2.05, 4.69) is 20.6 Å². The predicted octanol–water partition coefficient (Wildman–Crippen LogP) is -11.7. The molecule has 30 atom stereocenters. The van der Waals surface area contributed by atoms with E-state index in [1.165, 1.54) is 45.3 Å². The van der Waals surface area contributed by atoms with E-state index in [0.29, 0.717) is 34.9 Å². The molecule has 0 aromatic carbocycles. The Morgan fingerprint density at radius 3 is 0.987 bits per heavy atom. The molecule has 0 amide bonds. The van der Waals surface area contributed by atoms with E-state index in [0.717, 1.165) is 0 Å². The molecule has 20 N–H and O–H groups in total. The molecule has 0 bridgehead atoms. The van der Waals surface area contributed by atoms with Gasteiger partial charge < -0.3 is 135 Å². The third-order valence-electron chi connectivity index (χ3n) is 14.1. The monoisotopic (exact) mass is 1220 g/mol. The second-order valence-corrected chi connectivity index (χ2v) is 24.2. The fourth-order valence-corrected chi connectivity index (χ4v) is 13.9. The lowest BCUT2D eigenvalue weighted by molar-refractivity contribution is -0.375. The first-order valence-electron chi connectivity index (χ1n) is 24.8. The maximum atomic E-state index is 10.9. The van der Waals surface area contributed by atoms with Crippen molar-refractivity contribution in [1.82, 2.24) is 30.0 Å². The van der Waals surface area contributed by atoms with E-state index in [4.69, 9.17) is 33.2 Å². The van der Waals surface area contributed by atoms with Crippen molar-refractivity contribution in [2.75, 3.05) is 24.7 Å². The molecule has 8 heterocycles. The van der Waals surface area contributed by atoms with Crippen LogP contribution in [-0.4, -0.2) is 338 Å². The molecule has 2 aromatic rings. The zero-order valence-electron chi connectivity index (χ0n) is 41.3. The van der Waals surface area contributed by atoms with E-state index >= 15 is 0 Å². The second kappa shape index (κ2) is 27.8. The van der Waals surface area contributed by atoms with Gasteiger partial charge in [-0.3, -0.25) is 0 Å². The number of nitrogens with zero attached hydrogens (tertiary/aromatic N) is 6. The molecule has 0 unspecified atom stereocenters. The van der Waals surface area contributed by atoms with Gasteiger partial charge in [0.2, 0.25) is 0 Å². The van der Waals surface area contributed by atoms with Gasteiger partial charge in [-0.25, -0.2) is 9.36 Å². The van der Waals surface area contributed by atoms with Crippen LogP contribution in [0.3, 0.4) is 0 Å². The maximum absolute atomic E-state index is 10.9. The molecule has 79 heavy (non-hydrogen) atoms. The summed E-state index contributed by atoms with van der Waals surface area (Å²) in [5, 5.41) is 226. The highest BCUT2D eigenvalue weighted by atomic mass is 32.2. The van der Waals surface area contributed by atoms with Gasteiger partial charge in [-0.15, -0.1) is 10.2 Å². The van der Waals surface area contributed by atoms with Gasteiger partial charge in [0, 0.05) is 35.4 Å². The largest absolute Gasteiger partial charge is 0.394 e. The molecule has 0 spiro atoms. The maximum Gasteiger partial charge on any atom is 0.189 e. The van der Waals surface area contributed by atoms with Gasteiger partial charge in [-0.05, 0) is 0 Å². The van der Waals surface area contributed by atoms with E-state index in [1.54, 1.807) is 0 Å². The lowest BCUT2D eigenvalue weighted by atomic mass is 9.97. The van der Waals surface area contributed by atoms with E-state index in [-0.39, 0.29) is 36.1 Å². The quantitative estimate of drug-likeness (QED) is 0.0585. The van der Waals surface area contributed by atoms with E-state index in [1.807, 2.05) is 0 Å². The minimum atomic E-state index is -1.93. The Bertz CT molecular complexity index is 2060. The minimum absolute atomic E-state index is 0.0200. The molecule has 2 aromatic heterocycles. The molecule has 6 aliphatic heterocycles. The first kappa shape index (κ1) is 63.6. The molecule has 0 radical (unpaired) electrons. The summed E-state index contributed by atoms with van der Waals surface area (Å²) in [6.45, 7) is -1.96. The van der Waals surface area contributed by atoms with Crippen LogP contribution >= 0.6 is 47.0 Å². The molecule has 0 saturated carbocycles. The predicted molar refractivity (Wildman–Crippen MR) is 263 cm³/mol. The van der Waals surface area contributed by atoms with Gasteiger partial charge in [-0.2, -0.15) is 23.5 Å². The number of rotatable bonds is 20. The Morgan fingerprint density at radius 1 is 0.367 bits per heavy atom. The van der Waals surface area contributed by atoms with Crippen LogP contribution in [0, 0.1) is 0 Å². The van der Waals surface area contributed by atoms with Crippen LogP contribution in [0.4, 0.5) is 0 Å². The van der Waals surface area contributed by atoms with Crippen molar-refractivity contribution in [3.63, 3.8) is 0 Å². The van der Waals surface area contributed by atoms with Crippen molar-refractivity contribution in [3.8, 4) is 0 Å². The second-order valence-electron chi connectivity index (χ2n) is 19.8. The molecule has 33 nitrogen and oxygen atoms in total. The highest BCUT2D eigenvalue weighted by molar-refractivity contribution is 8.00. The van der Waals surface area contributed by atoms with Crippen LogP contribution in [0.25, 0.3) is 0 Å². The van der Waals surface area contributed by atoms with Gasteiger partial charge in [0.25, 0.3) is 0 Å². The molecule has 6 fully saturated rings. The summed E-state index contributed by atoms with van der Waals surface area (Å²) in [7, 11) is 0. The first-order valence-corrected chi connectivity index (χ1v) is 29.0. The number of thioether (sulfide) groups is 4. The third-order valence-corrected chi connectivity index (χ3v) is 18.9. The van der Waals surface area contributed by atoms with Crippen molar-refractivity contribution < 1.29 is 135 Å². The topological polar surface area (TPSA) is 531 Å². The number of aliphatic hydroxyl groups excluding tert-OH is 20. The molecule has 452 valence electrons. The molecule has 6 saturated heterocycles. The SMILES string of the molecule is OC[C@H]1O[C@@H](S[C@@H]2O[C@H](CSCc3cn(C[C@H]4O[C@H](O[C@H]5O[C@H](Cn6cc(CSC[C@H]7O[C@@H](S[C@@H]8O[C@H](CO)[C@H](O)[C@H](O)[C@H]8O)[C@H](O)[C@@H](O)[C@@H]7O)nn6)[C@@H](O)[C@H](O)[C@H]5O)[C@H](O)[C@@H](O)[C@@H]4O)nn3)[C@@H](O)[C@H](O)[C@H]2O)[C@H](O)[C@@H](O)[C@H]1O. The molecule has 37 heteroatoms. The third kappa shape index (κ3) is 14.3. The number of aromatic nitrogens is 6.